The van der Waals surface area contributed by atoms with Gasteiger partial charge in [-0.2, -0.15) is 0 Å². The Morgan fingerprint density at radius 2 is 2.05 bits per heavy atom. The molecule has 0 unspecified atom stereocenters. The van der Waals surface area contributed by atoms with Crippen LogP contribution in [0.15, 0.2) is 24.3 Å². The lowest BCUT2D eigenvalue weighted by Crippen LogP contribution is -2.31. The van der Waals surface area contributed by atoms with Crippen molar-refractivity contribution in [2.24, 2.45) is 0 Å². The third-order valence-corrected chi connectivity index (χ3v) is 4.26. The Morgan fingerprint density at radius 1 is 1.32 bits per heavy atom. The lowest BCUT2D eigenvalue weighted by atomic mass is 10.1. The second kappa shape index (κ2) is 7.47. The van der Waals surface area contributed by atoms with E-state index >= 15 is 0 Å². The molecule has 0 aromatic heterocycles. The fourth-order valence-electron chi connectivity index (χ4n) is 1.72. The van der Waals surface area contributed by atoms with E-state index in [0.717, 1.165) is 11.3 Å². The van der Waals surface area contributed by atoms with Crippen molar-refractivity contribution >= 4 is 10.0 Å². The molecule has 5 nitrogen and oxygen atoms in total. The summed E-state index contributed by atoms with van der Waals surface area (Å²) in [6.45, 7) is 2.04. The third-order valence-electron chi connectivity index (χ3n) is 2.71. The van der Waals surface area contributed by atoms with Crippen LogP contribution in [0.4, 0.5) is 0 Å². The molecular formula is C13H21NO4S. The van der Waals surface area contributed by atoms with Gasteiger partial charge in [-0.15, -0.1) is 0 Å². The van der Waals surface area contributed by atoms with Gasteiger partial charge in [0.25, 0.3) is 0 Å². The Balaban J connectivity index is 2.73. The average Bonchev–Trinajstić information content (AvgIpc) is 2.39. The molecule has 0 aliphatic heterocycles. The van der Waals surface area contributed by atoms with Gasteiger partial charge in [-0.05, 0) is 24.1 Å². The Hall–Kier alpha value is -1.11. The molecule has 108 valence electrons. The number of hydrogen-bond acceptors (Lipinski definition) is 4. The van der Waals surface area contributed by atoms with E-state index < -0.39 is 10.0 Å². The van der Waals surface area contributed by atoms with Crippen molar-refractivity contribution < 1.29 is 17.9 Å². The van der Waals surface area contributed by atoms with E-state index in [1.165, 1.54) is 0 Å². The van der Waals surface area contributed by atoms with Crippen LogP contribution in [-0.4, -0.2) is 34.9 Å². The van der Waals surface area contributed by atoms with Crippen LogP contribution >= 0.6 is 0 Å². The van der Waals surface area contributed by atoms with E-state index in [1.54, 1.807) is 14.2 Å². The third kappa shape index (κ3) is 5.18. The minimum absolute atomic E-state index is 0.127. The van der Waals surface area contributed by atoms with Gasteiger partial charge in [0.1, 0.15) is 5.75 Å². The molecule has 0 fully saturated rings. The zero-order valence-electron chi connectivity index (χ0n) is 11.5. The number of hydrogen-bond donors (Lipinski definition) is 1. The Labute approximate surface area is 115 Å². The van der Waals surface area contributed by atoms with Crippen molar-refractivity contribution in [1.29, 1.82) is 0 Å². The Bertz CT molecular complexity index is 487. The van der Waals surface area contributed by atoms with Crippen LogP contribution in [0.3, 0.4) is 0 Å². The monoisotopic (exact) mass is 287 g/mol. The van der Waals surface area contributed by atoms with Crippen LogP contribution in [0.25, 0.3) is 0 Å². The number of benzene rings is 1. The molecule has 0 radical (unpaired) electrons. The van der Waals surface area contributed by atoms with Crippen LogP contribution in [0.2, 0.25) is 0 Å². The van der Waals surface area contributed by atoms with Crippen molar-refractivity contribution in [3.63, 3.8) is 0 Å². The molecule has 0 saturated heterocycles. The summed E-state index contributed by atoms with van der Waals surface area (Å²) in [5.41, 5.74) is 0.876. The quantitative estimate of drug-likeness (QED) is 0.790. The first-order valence-corrected chi connectivity index (χ1v) is 7.81. The van der Waals surface area contributed by atoms with Crippen molar-refractivity contribution in [1.82, 2.24) is 4.72 Å². The summed E-state index contributed by atoms with van der Waals surface area (Å²) in [7, 11) is -0.0797. The van der Waals surface area contributed by atoms with E-state index in [4.69, 9.17) is 9.47 Å². The number of nitrogens with one attached hydrogen (secondary N) is 1. The van der Waals surface area contributed by atoms with Crippen LogP contribution in [0, 0.1) is 0 Å². The highest BCUT2D eigenvalue weighted by atomic mass is 32.2. The van der Waals surface area contributed by atoms with Crippen molar-refractivity contribution in [3.8, 4) is 5.75 Å². The van der Waals surface area contributed by atoms with Gasteiger partial charge < -0.3 is 9.47 Å². The number of sulfonamides is 1. The first-order chi connectivity index (χ1) is 9.02. The molecule has 0 heterocycles. The molecule has 1 aromatic carbocycles. The molecule has 0 aliphatic carbocycles. The molecule has 0 aliphatic rings. The summed E-state index contributed by atoms with van der Waals surface area (Å²) in [6, 6.07) is 7.39. The van der Waals surface area contributed by atoms with E-state index in [0.29, 0.717) is 6.42 Å². The highest BCUT2D eigenvalue weighted by Gasteiger charge is 2.15. The standard InChI is InChI=1S/C13H21NO4S/c1-4-8-19(15,16)14-10-13(18-3)11-6-5-7-12(9-11)17-2/h5-7,9,13-14H,4,8,10H2,1-3H3/t13-/m0/s1. The van der Waals surface area contributed by atoms with Crippen molar-refractivity contribution in [2.75, 3.05) is 26.5 Å². The smallest absolute Gasteiger partial charge is 0.211 e. The Kier molecular flexibility index (Phi) is 6.27. The second-order valence-corrected chi connectivity index (χ2v) is 6.09. The molecule has 0 bridgehead atoms. The van der Waals surface area contributed by atoms with E-state index in [1.807, 2.05) is 31.2 Å². The number of rotatable bonds is 8. The molecule has 1 rings (SSSR count). The highest BCUT2D eigenvalue weighted by Crippen LogP contribution is 2.21. The first-order valence-electron chi connectivity index (χ1n) is 6.16. The van der Waals surface area contributed by atoms with E-state index in [2.05, 4.69) is 4.72 Å². The molecule has 6 heteroatoms. The average molecular weight is 287 g/mol. The molecule has 1 N–H and O–H groups in total. The minimum atomic E-state index is -3.22. The zero-order chi connectivity index (χ0) is 14.3. The van der Waals surface area contributed by atoms with Gasteiger partial charge in [0, 0.05) is 13.7 Å². The lowest BCUT2D eigenvalue weighted by Gasteiger charge is -2.17. The van der Waals surface area contributed by atoms with Gasteiger partial charge >= 0.3 is 0 Å². The lowest BCUT2D eigenvalue weighted by molar-refractivity contribution is 0.107. The predicted molar refractivity (Wildman–Crippen MR) is 74.8 cm³/mol. The van der Waals surface area contributed by atoms with Crippen molar-refractivity contribution in [3.05, 3.63) is 29.8 Å². The summed E-state index contributed by atoms with van der Waals surface area (Å²) in [4.78, 5) is 0. The number of ether oxygens (including phenoxy) is 2. The molecule has 0 spiro atoms. The summed E-state index contributed by atoms with van der Waals surface area (Å²) in [6.07, 6.45) is 0.258. The van der Waals surface area contributed by atoms with Crippen LogP contribution < -0.4 is 9.46 Å². The van der Waals surface area contributed by atoms with Gasteiger partial charge in [-0.1, -0.05) is 19.1 Å². The second-order valence-electron chi connectivity index (χ2n) is 4.17. The normalized spacial score (nSPS) is 13.2. The van der Waals surface area contributed by atoms with Gasteiger partial charge in [0.05, 0.1) is 19.0 Å². The van der Waals surface area contributed by atoms with Crippen LogP contribution in [0.1, 0.15) is 25.0 Å². The first kappa shape index (κ1) is 15.9. The minimum Gasteiger partial charge on any atom is -0.497 e. The van der Waals surface area contributed by atoms with E-state index in [-0.39, 0.29) is 18.4 Å². The predicted octanol–water partition coefficient (Wildman–Crippen LogP) is 1.71. The molecule has 0 amide bonds. The summed E-state index contributed by atoms with van der Waals surface area (Å²) >= 11 is 0. The van der Waals surface area contributed by atoms with Gasteiger partial charge in [-0.25, -0.2) is 13.1 Å². The summed E-state index contributed by atoms with van der Waals surface area (Å²) < 4.78 is 36.2. The zero-order valence-corrected chi connectivity index (χ0v) is 12.4. The summed E-state index contributed by atoms with van der Waals surface area (Å²) in [5.74, 6) is 0.845. The fourth-order valence-corrected chi connectivity index (χ4v) is 2.81. The maximum absolute atomic E-state index is 11.6. The summed E-state index contributed by atoms with van der Waals surface area (Å²) in [5, 5.41) is 0. The van der Waals surface area contributed by atoms with Crippen LogP contribution in [-0.2, 0) is 14.8 Å². The van der Waals surface area contributed by atoms with Gasteiger partial charge in [0.15, 0.2) is 0 Å². The van der Waals surface area contributed by atoms with Gasteiger partial charge in [0.2, 0.25) is 10.0 Å². The van der Waals surface area contributed by atoms with E-state index in [9.17, 15) is 8.42 Å². The largest absolute Gasteiger partial charge is 0.497 e. The Morgan fingerprint density at radius 3 is 2.63 bits per heavy atom. The highest BCUT2D eigenvalue weighted by molar-refractivity contribution is 7.89. The SMILES string of the molecule is CCCS(=O)(=O)NC[C@H](OC)c1cccc(OC)c1. The maximum Gasteiger partial charge on any atom is 0.211 e. The maximum atomic E-state index is 11.6. The topological polar surface area (TPSA) is 64.6 Å². The fraction of sp³-hybridized carbons (Fsp3) is 0.538. The van der Waals surface area contributed by atoms with Crippen molar-refractivity contribution in [2.45, 2.75) is 19.4 Å². The molecular weight excluding hydrogens is 266 g/mol. The van der Waals surface area contributed by atoms with Crippen LogP contribution in [0.5, 0.6) is 5.75 Å². The molecule has 19 heavy (non-hydrogen) atoms. The molecule has 1 aromatic rings. The van der Waals surface area contributed by atoms with Gasteiger partial charge in [-0.3, -0.25) is 0 Å². The molecule has 0 saturated carbocycles. The molecule has 1 atom stereocenters. The number of methoxy groups -OCH3 is 2.